The number of carboxylic acids is 1. The molecule has 1 aromatic carbocycles. The summed E-state index contributed by atoms with van der Waals surface area (Å²) in [5.74, 6) is 0.0345. The van der Waals surface area contributed by atoms with E-state index in [1.807, 2.05) is 11.6 Å². The lowest BCUT2D eigenvalue weighted by atomic mass is 10.2. The quantitative estimate of drug-likeness (QED) is 0.908. The van der Waals surface area contributed by atoms with Gasteiger partial charge in [0.15, 0.2) is 0 Å². The number of aryl methyl sites for hydroxylation is 1. The Hall–Kier alpha value is -1.92. The summed E-state index contributed by atoms with van der Waals surface area (Å²) >= 11 is 0. The maximum Gasteiger partial charge on any atom is 0.335 e. The normalized spacial score (nSPS) is 16.6. The molecule has 1 aliphatic rings. The molecule has 2 heterocycles. The first-order chi connectivity index (χ1) is 9.65. The van der Waals surface area contributed by atoms with Gasteiger partial charge in [-0.2, -0.15) is 0 Å². The molecule has 1 saturated heterocycles. The number of benzene rings is 1. The van der Waals surface area contributed by atoms with Crippen molar-refractivity contribution >= 4 is 17.0 Å². The van der Waals surface area contributed by atoms with Gasteiger partial charge in [0.25, 0.3) is 0 Å². The van der Waals surface area contributed by atoms with E-state index in [-0.39, 0.29) is 0 Å². The maximum absolute atomic E-state index is 11.0. The topological polar surface area (TPSA) is 67.6 Å². The first-order valence-electron chi connectivity index (χ1n) is 6.64. The summed E-state index contributed by atoms with van der Waals surface area (Å²) in [6.45, 7) is 4.09. The summed E-state index contributed by atoms with van der Waals surface area (Å²) in [4.78, 5) is 17.9. The molecule has 2 aromatic rings. The van der Waals surface area contributed by atoms with Gasteiger partial charge in [-0.1, -0.05) is 0 Å². The molecule has 1 aromatic heterocycles. The predicted octanol–water partition coefficient (Wildman–Crippen LogP) is 1.10. The van der Waals surface area contributed by atoms with Crippen LogP contribution in [0.4, 0.5) is 0 Å². The number of morpholine rings is 1. The Balaban J connectivity index is 1.91. The summed E-state index contributed by atoms with van der Waals surface area (Å²) in [5.41, 5.74) is 1.98. The maximum atomic E-state index is 11.0. The molecule has 0 unspecified atom stereocenters. The second-order valence-electron chi connectivity index (χ2n) is 4.98. The average molecular weight is 275 g/mol. The van der Waals surface area contributed by atoms with E-state index in [0.29, 0.717) is 5.56 Å². The Morgan fingerprint density at radius 2 is 2.15 bits per heavy atom. The highest BCUT2D eigenvalue weighted by atomic mass is 16.5. The Morgan fingerprint density at radius 1 is 1.40 bits per heavy atom. The third-order valence-electron chi connectivity index (χ3n) is 3.69. The highest BCUT2D eigenvalue weighted by Crippen LogP contribution is 2.18. The van der Waals surface area contributed by atoms with Crippen LogP contribution in [0, 0.1) is 0 Å². The minimum absolute atomic E-state index is 0.290. The lowest BCUT2D eigenvalue weighted by Gasteiger charge is -2.26. The lowest BCUT2D eigenvalue weighted by molar-refractivity contribution is 0.0327. The second-order valence-corrected chi connectivity index (χ2v) is 4.98. The second kappa shape index (κ2) is 5.22. The van der Waals surface area contributed by atoms with Crippen LogP contribution in [0.25, 0.3) is 11.0 Å². The molecule has 106 valence electrons. The molecule has 0 saturated carbocycles. The number of aromatic nitrogens is 2. The number of nitrogens with zero attached hydrogens (tertiary/aromatic N) is 3. The van der Waals surface area contributed by atoms with Crippen LogP contribution in [0.15, 0.2) is 18.2 Å². The van der Waals surface area contributed by atoms with Crippen molar-refractivity contribution < 1.29 is 14.6 Å². The highest BCUT2D eigenvalue weighted by Gasteiger charge is 2.16. The van der Waals surface area contributed by atoms with Crippen molar-refractivity contribution in [3.05, 3.63) is 29.6 Å². The monoisotopic (exact) mass is 275 g/mol. The summed E-state index contributed by atoms with van der Waals surface area (Å²) in [6, 6.07) is 5.03. The zero-order valence-corrected chi connectivity index (χ0v) is 11.4. The number of carboxylic acid groups (broad SMARTS) is 1. The molecule has 0 amide bonds. The van der Waals surface area contributed by atoms with Gasteiger partial charge >= 0.3 is 5.97 Å². The minimum Gasteiger partial charge on any atom is -0.478 e. The molecule has 0 spiro atoms. The van der Waals surface area contributed by atoms with Crippen LogP contribution in [0.5, 0.6) is 0 Å². The van der Waals surface area contributed by atoms with Gasteiger partial charge in [-0.15, -0.1) is 0 Å². The Labute approximate surface area is 116 Å². The number of hydrogen-bond acceptors (Lipinski definition) is 4. The van der Waals surface area contributed by atoms with Gasteiger partial charge in [-0.05, 0) is 18.2 Å². The highest BCUT2D eigenvalue weighted by molar-refractivity contribution is 5.92. The first-order valence-corrected chi connectivity index (χ1v) is 6.64. The summed E-state index contributed by atoms with van der Waals surface area (Å²) in [7, 11) is 1.93. The van der Waals surface area contributed by atoms with Crippen molar-refractivity contribution in [1.82, 2.24) is 14.5 Å². The molecule has 6 nitrogen and oxygen atoms in total. The molecule has 0 aliphatic carbocycles. The van der Waals surface area contributed by atoms with Gasteiger partial charge in [0.05, 0.1) is 36.4 Å². The van der Waals surface area contributed by atoms with Gasteiger partial charge in [0.1, 0.15) is 5.82 Å². The van der Waals surface area contributed by atoms with E-state index in [0.717, 1.165) is 49.7 Å². The van der Waals surface area contributed by atoms with E-state index in [4.69, 9.17) is 9.84 Å². The van der Waals surface area contributed by atoms with E-state index in [2.05, 4.69) is 9.88 Å². The van der Waals surface area contributed by atoms with Crippen LogP contribution in [-0.4, -0.2) is 51.8 Å². The Kier molecular flexibility index (Phi) is 3.42. The van der Waals surface area contributed by atoms with Crippen molar-refractivity contribution in [2.45, 2.75) is 6.54 Å². The number of rotatable bonds is 3. The third-order valence-corrected chi connectivity index (χ3v) is 3.69. The molecule has 0 atom stereocenters. The molecular formula is C14H17N3O3. The van der Waals surface area contributed by atoms with Crippen molar-refractivity contribution in [1.29, 1.82) is 0 Å². The van der Waals surface area contributed by atoms with Crippen molar-refractivity contribution in [2.75, 3.05) is 26.3 Å². The fourth-order valence-electron chi connectivity index (χ4n) is 2.47. The lowest BCUT2D eigenvalue weighted by Crippen LogP contribution is -2.36. The van der Waals surface area contributed by atoms with Gasteiger partial charge in [0, 0.05) is 20.1 Å². The van der Waals surface area contributed by atoms with E-state index < -0.39 is 5.97 Å². The van der Waals surface area contributed by atoms with Crippen LogP contribution in [0.2, 0.25) is 0 Å². The molecule has 3 rings (SSSR count). The molecule has 0 radical (unpaired) electrons. The van der Waals surface area contributed by atoms with Crippen LogP contribution in [-0.2, 0) is 18.3 Å². The molecule has 1 aliphatic heterocycles. The van der Waals surface area contributed by atoms with Crippen molar-refractivity contribution in [3.63, 3.8) is 0 Å². The number of ether oxygens (including phenoxy) is 1. The first kappa shape index (κ1) is 13.1. The number of imidazole rings is 1. The largest absolute Gasteiger partial charge is 0.478 e. The molecule has 1 fully saturated rings. The Morgan fingerprint density at radius 3 is 2.85 bits per heavy atom. The number of aromatic carboxylic acids is 1. The fraction of sp³-hybridized carbons (Fsp3) is 0.429. The predicted molar refractivity (Wildman–Crippen MR) is 73.8 cm³/mol. The molecular weight excluding hydrogens is 258 g/mol. The van der Waals surface area contributed by atoms with E-state index in [1.54, 1.807) is 18.2 Å². The van der Waals surface area contributed by atoms with Crippen LogP contribution in [0.1, 0.15) is 16.2 Å². The van der Waals surface area contributed by atoms with Crippen LogP contribution < -0.4 is 0 Å². The Bertz CT molecular complexity index is 644. The zero-order valence-electron chi connectivity index (χ0n) is 11.4. The summed E-state index contributed by atoms with van der Waals surface area (Å²) < 4.78 is 7.30. The summed E-state index contributed by atoms with van der Waals surface area (Å²) in [5, 5.41) is 9.05. The van der Waals surface area contributed by atoms with E-state index in [1.165, 1.54) is 0 Å². The standard InChI is InChI=1S/C14H17N3O3/c1-16-12-8-10(14(18)19)2-3-11(12)15-13(16)9-17-4-6-20-7-5-17/h2-3,8H,4-7,9H2,1H3,(H,18,19). The van der Waals surface area contributed by atoms with Crippen LogP contribution >= 0.6 is 0 Å². The zero-order chi connectivity index (χ0) is 14.1. The van der Waals surface area contributed by atoms with E-state index in [9.17, 15) is 4.79 Å². The number of carbonyl (C=O) groups is 1. The molecule has 6 heteroatoms. The molecule has 0 bridgehead atoms. The minimum atomic E-state index is -0.914. The van der Waals surface area contributed by atoms with Crippen LogP contribution in [0.3, 0.4) is 0 Å². The smallest absolute Gasteiger partial charge is 0.335 e. The molecule has 1 N–H and O–H groups in total. The van der Waals surface area contributed by atoms with Gasteiger partial charge < -0.3 is 14.4 Å². The number of fused-ring (bicyclic) bond motifs is 1. The molecule has 20 heavy (non-hydrogen) atoms. The SMILES string of the molecule is Cn1c(CN2CCOCC2)nc2ccc(C(=O)O)cc21. The van der Waals surface area contributed by atoms with Gasteiger partial charge in [-0.3, -0.25) is 4.90 Å². The fourth-order valence-corrected chi connectivity index (χ4v) is 2.47. The van der Waals surface area contributed by atoms with E-state index >= 15 is 0 Å². The number of hydrogen-bond donors (Lipinski definition) is 1. The van der Waals surface area contributed by atoms with Crippen molar-refractivity contribution in [3.8, 4) is 0 Å². The average Bonchev–Trinajstić information content (AvgIpc) is 2.76. The van der Waals surface area contributed by atoms with Gasteiger partial charge in [-0.25, -0.2) is 9.78 Å². The van der Waals surface area contributed by atoms with Gasteiger partial charge in [0.2, 0.25) is 0 Å². The summed E-state index contributed by atoms with van der Waals surface area (Å²) in [6.07, 6.45) is 0. The third kappa shape index (κ3) is 2.39. The van der Waals surface area contributed by atoms with Crippen molar-refractivity contribution in [2.24, 2.45) is 7.05 Å².